The first-order valence-corrected chi connectivity index (χ1v) is 8.56. The summed E-state index contributed by atoms with van der Waals surface area (Å²) in [7, 11) is 0. The highest BCUT2D eigenvalue weighted by molar-refractivity contribution is 5.77. The number of nitrogens with zero attached hydrogens (tertiary/aromatic N) is 2. The summed E-state index contributed by atoms with van der Waals surface area (Å²) in [6.07, 6.45) is 7.96. The molecule has 22 heavy (non-hydrogen) atoms. The minimum atomic E-state index is 0.105. The van der Waals surface area contributed by atoms with Crippen molar-refractivity contribution in [1.29, 1.82) is 0 Å². The zero-order chi connectivity index (χ0) is 15.5. The average Bonchev–Trinajstić information content (AvgIpc) is 3.14. The maximum Gasteiger partial charge on any atom is 0.223 e. The van der Waals surface area contributed by atoms with Gasteiger partial charge >= 0.3 is 0 Å². The van der Waals surface area contributed by atoms with Crippen molar-refractivity contribution in [3.05, 3.63) is 12.2 Å². The number of hydrogen-bond acceptors (Lipinski definition) is 3. The summed E-state index contributed by atoms with van der Waals surface area (Å²) in [6.45, 7) is 6.09. The SMILES string of the molecule is CC(=O)N1CCN(C(=O)CCNC[C@H]2C[C@H]3C=C[C@H]2C3)CC1. The topological polar surface area (TPSA) is 52.7 Å². The molecule has 1 saturated heterocycles. The molecule has 2 amide bonds. The third-order valence-corrected chi connectivity index (χ3v) is 5.42. The zero-order valence-corrected chi connectivity index (χ0v) is 13.5. The smallest absolute Gasteiger partial charge is 0.223 e. The summed E-state index contributed by atoms with van der Waals surface area (Å²) < 4.78 is 0. The number of fused-ring (bicyclic) bond motifs is 2. The first-order valence-electron chi connectivity index (χ1n) is 8.56. The van der Waals surface area contributed by atoms with Crippen molar-refractivity contribution in [2.75, 3.05) is 39.3 Å². The van der Waals surface area contributed by atoms with E-state index in [9.17, 15) is 9.59 Å². The highest BCUT2D eigenvalue weighted by atomic mass is 16.2. The summed E-state index contributed by atoms with van der Waals surface area (Å²) >= 11 is 0. The van der Waals surface area contributed by atoms with Gasteiger partial charge in [-0.15, -0.1) is 0 Å². The van der Waals surface area contributed by atoms with Crippen molar-refractivity contribution in [3.8, 4) is 0 Å². The molecule has 2 bridgehead atoms. The van der Waals surface area contributed by atoms with Gasteiger partial charge in [0.25, 0.3) is 0 Å². The van der Waals surface area contributed by atoms with Gasteiger partial charge in [-0.25, -0.2) is 0 Å². The number of amides is 2. The Labute approximate surface area is 132 Å². The van der Waals surface area contributed by atoms with Crippen molar-refractivity contribution in [2.45, 2.75) is 26.2 Å². The Kier molecular flexibility index (Phi) is 4.81. The second kappa shape index (κ2) is 6.82. The molecule has 0 aromatic rings. The molecule has 1 aliphatic heterocycles. The second-order valence-corrected chi connectivity index (χ2v) is 6.88. The molecule has 1 heterocycles. The van der Waals surface area contributed by atoms with Crippen LogP contribution < -0.4 is 5.32 Å². The number of nitrogens with one attached hydrogen (secondary N) is 1. The summed E-state index contributed by atoms with van der Waals surface area (Å²) in [5, 5.41) is 3.46. The molecule has 0 aromatic heterocycles. The standard InChI is InChI=1S/C17H27N3O2/c1-13(21)19-6-8-20(9-7-19)17(22)4-5-18-12-16-11-14-2-3-15(16)10-14/h2-3,14-16,18H,4-12H2,1H3/t14-,15-,16+/m0/s1. The number of hydrogen-bond donors (Lipinski definition) is 1. The number of carbonyl (C=O) groups excluding carboxylic acids is 2. The van der Waals surface area contributed by atoms with E-state index in [0.717, 1.165) is 30.8 Å². The lowest BCUT2D eigenvalue weighted by Crippen LogP contribution is -2.50. The number of allylic oxidation sites excluding steroid dienone is 2. The molecule has 3 rings (SSSR count). The van der Waals surface area contributed by atoms with Crippen LogP contribution in [0.2, 0.25) is 0 Å². The molecule has 122 valence electrons. The molecule has 1 saturated carbocycles. The van der Waals surface area contributed by atoms with E-state index in [4.69, 9.17) is 0 Å². The molecule has 0 unspecified atom stereocenters. The Morgan fingerprint density at radius 3 is 2.41 bits per heavy atom. The maximum atomic E-state index is 12.2. The highest BCUT2D eigenvalue weighted by Crippen LogP contribution is 2.42. The maximum absolute atomic E-state index is 12.2. The molecule has 3 atom stereocenters. The number of carbonyl (C=O) groups is 2. The van der Waals surface area contributed by atoms with Gasteiger partial charge in [0.1, 0.15) is 0 Å². The molecule has 0 spiro atoms. The first-order chi connectivity index (χ1) is 10.6. The van der Waals surface area contributed by atoms with Gasteiger partial charge in [-0.3, -0.25) is 9.59 Å². The Morgan fingerprint density at radius 2 is 1.82 bits per heavy atom. The van der Waals surface area contributed by atoms with Crippen LogP contribution in [0.3, 0.4) is 0 Å². The van der Waals surface area contributed by atoms with E-state index >= 15 is 0 Å². The van der Waals surface area contributed by atoms with Crippen LogP contribution >= 0.6 is 0 Å². The third-order valence-electron chi connectivity index (χ3n) is 5.42. The third kappa shape index (κ3) is 3.51. The van der Waals surface area contributed by atoms with Crippen molar-refractivity contribution < 1.29 is 9.59 Å². The fraction of sp³-hybridized carbons (Fsp3) is 0.765. The lowest BCUT2D eigenvalue weighted by atomic mass is 9.94. The normalized spacial score (nSPS) is 30.1. The van der Waals surface area contributed by atoms with Crippen LogP contribution in [0, 0.1) is 17.8 Å². The van der Waals surface area contributed by atoms with Crippen molar-refractivity contribution in [1.82, 2.24) is 15.1 Å². The van der Waals surface area contributed by atoms with Crippen LogP contribution in [0.4, 0.5) is 0 Å². The molecule has 1 N–H and O–H groups in total. The van der Waals surface area contributed by atoms with Crippen LogP contribution in [0.25, 0.3) is 0 Å². The van der Waals surface area contributed by atoms with Gasteiger partial charge in [0, 0.05) is 46.1 Å². The predicted octanol–water partition coefficient (Wildman–Crippen LogP) is 0.869. The fourth-order valence-corrected chi connectivity index (χ4v) is 4.04. The van der Waals surface area contributed by atoms with Gasteiger partial charge in [0.15, 0.2) is 0 Å². The largest absolute Gasteiger partial charge is 0.339 e. The molecular weight excluding hydrogens is 278 g/mol. The van der Waals surface area contributed by atoms with Crippen molar-refractivity contribution >= 4 is 11.8 Å². The molecule has 2 aliphatic carbocycles. The molecule has 5 nitrogen and oxygen atoms in total. The number of piperazine rings is 1. The quantitative estimate of drug-likeness (QED) is 0.606. The lowest BCUT2D eigenvalue weighted by Gasteiger charge is -2.34. The predicted molar refractivity (Wildman–Crippen MR) is 85.2 cm³/mol. The second-order valence-electron chi connectivity index (χ2n) is 6.88. The molecule has 5 heteroatoms. The van der Waals surface area contributed by atoms with E-state index < -0.39 is 0 Å². The number of rotatable bonds is 5. The van der Waals surface area contributed by atoms with Crippen LogP contribution in [-0.4, -0.2) is 60.9 Å². The van der Waals surface area contributed by atoms with Gasteiger partial charge in [-0.1, -0.05) is 12.2 Å². The Morgan fingerprint density at radius 1 is 1.09 bits per heavy atom. The van der Waals surface area contributed by atoms with Crippen LogP contribution in [0.1, 0.15) is 26.2 Å². The summed E-state index contributed by atoms with van der Waals surface area (Å²) in [5.41, 5.74) is 0. The van der Waals surface area contributed by atoms with E-state index in [2.05, 4.69) is 17.5 Å². The summed E-state index contributed by atoms with van der Waals surface area (Å²) in [6, 6.07) is 0. The first kappa shape index (κ1) is 15.5. The van der Waals surface area contributed by atoms with Crippen molar-refractivity contribution in [3.63, 3.8) is 0 Å². The van der Waals surface area contributed by atoms with Crippen LogP contribution in [-0.2, 0) is 9.59 Å². The van der Waals surface area contributed by atoms with Crippen LogP contribution in [0.15, 0.2) is 12.2 Å². The van der Waals surface area contributed by atoms with Gasteiger partial charge in [-0.05, 0) is 37.1 Å². The molecular formula is C17H27N3O2. The van der Waals surface area contributed by atoms with E-state index in [1.807, 2.05) is 9.80 Å². The van der Waals surface area contributed by atoms with E-state index in [1.54, 1.807) is 6.92 Å². The zero-order valence-electron chi connectivity index (χ0n) is 13.5. The molecule has 2 fully saturated rings. The summed E-state index contributed by atoms with van der Waals surface area (Å²) in [5.74, 6) is 2.67. The van der Waals surface area contributed by atoms with Crippen LogP contribution in [0.5, 0.6) is 0 Å². The monoisotopic (exact) mass is 305 g/mol. The molecule has 0 radical (unpaired) electrons. The summed E-state index contributed by atoms with van der Waals surface area (Å²) in [4.78, 5) is 27.1. The van der Waals surface area contributed by atoms with E-state index in [1.165, 1.54) is 12.8 Å². The van der Waals surface area contributed by atoms with Crippen molar-refractivity contribution in [2.24, 2.45) is 17.8 Å². The average molecular weight is 305 g/mol. The van der Waals surface area contributed by atoms with Gasteiger partial charge in [0.05, 0.1) is 0 Å². The minimum Gasteiger partial charge on any atom is -0.339 e. The lowest BCUT2D eigenvalue weighted by molar-refractivity contribution is -0.138. The Hall–Kier alpha value is -1.36. The molecule has 3 aliphatic rings. The van der Waals surface area contributed by atoms with Gasteiger partial charge < -0.3 is 15.1 Å². The minimum absolute atomic E-state index is 0.105. The Bertz CT molecular complexity index is 455. The van der Waals surface area contributed by atoms with Gasteiger partial charge in [-0.2, -0.15) is 0 Å². The highest BCUT2D eigenvalue weighted by Gasteiger charge is 2.35. The van der Waals surface area contributed by atoms with E-state index in [-0.39, 0.29) is 11.8 Å². The Balaban J connectivity index is 1.30. The van der Waals surface area contributed by atoms with Gasteiger partial charge in [0.2, 0.25) is 11.8 Å². The molecule has 0 aromatic carbocycles. The fourth-order valence-electron chi connectivity index (χ4n) is 4.04. The van der Waals surface area contributed by atoms with E-state index in [0.29, 0.717) is 32.6 Å².